The minimum Gasteiger partial charge on any atom is -0.490 e. The van der Waals surface area contributed by atoms with Gasteiger partial charge in [-0.15, -0.1) is 0 Å². The van der Waals surface area contributed by atoms with E-state index in [1.165, 1.54) is 30.0 Å². The summed E-state index contributed by atoms with van der Waals surface area (Å²) in [5.74, 6) is 1.94. The van der Waals surface area contributed by atoms with Crippen LogP contribution >= 0.6 is 0 Å². The van der Waals surface area contributed by atoms with Gasteiger partial charge in [0.1, 0.15) is 0 Å². The first kappa shape index (κ1) is 22.0. The molecule has 0 radical (unpaired) electrons. The number of nitrogens with zero attached hydrogens (tertiary/aromatic N) is 2. The van der Waals surface area contributed by atoms with E-state index in [4.69, 9.17) is 9.47 Å². The van der Waals surface area contributed by atoms with Crippen LogP contribution in [-0.4, -0.2) is 62.4 Å². The fraction of sp³-hybridized carbons (Fsp3) is 0.708. The lowest BCUT2D eigenvalue weighted by atomic mass is 9.77. The first-order valence-corrected chi connectivity index (χ1v) is 13.7. The van der Waals surface area contributed by atoms with Gasteiger partial charge < -0.3 is 14.4 Å². The quantitative estimate of drug-likeness (QED) is 0.688. The molecule has 0 bridgehead atoms. The van der Waals surface area contributed by atoms with E-state index in [0.717, 1.165) is 25.8 Å². The van der Waals surface area contributed by atoms with Gasteiger partial charge in [-0.1, -0.05) is 12.8 Å². The Bertz CT molecular complexity index is 940. The zero-order chi connectivity index (χ0) is 22.1. The minimum atomic E-state index is -3.63. The summed E-state index contributed by atoms with van der Waals surface area (Å²) in [4.78, 5) is 15.7. The smallest absolute Gasteiger partial charge is 0.243 e. The summed E-state index contributed by atoms with van der Waals surface area (Å²) in [5.41, 5.74) is 0. The van der Waals surface area contributed by atoms with E-state index in [1.54, 1.807) is 18.2 Å². The van der Waals surface area contributed by atoms with Crippen LogP contribution < -0.4 is 9.47 Å². The van der Waals surface area contributed by atoms with Crippen LogP contribution in [0.1, 0.15) is 57.8 Å². The number of piperidine rings is 2. The molecule has 3 fully saturated rings. The van der Waals surface area contributed by atoms with Crippen molar-refractivity contribution >= 4 is 15.9 Å². The van der Waals surface area contributed by atoms with Gasteiger partial charge in [-0.3, -0.25) is 4.79 Å². The van der Waals surface area contributed by atoms with Crippen molar-refractivity contribution in [3.8, 4) is 11.5 Å². The zero-order valence-electron chi connectivity index (χ0n) is 18.7. The maximum Gasteiger partial charge on any atom is 0.243 e. The van der Waals surface area contributed by atoms with Gasteiger partial charge in [0.15, 0.2) is 11.5 Å². The molecule has 1 saturated carbocycles. The van der Waals surface area contributed by atoms with Crippen LogP contribution in [-0.2, 0) is 14.8 Å². The van der Waals surface area contributed by atoms with Crippen molar-refractivity contribution in [2.45, 2.75) is 68.7 Å². The third-order valence-electron chi connectivity index (χ3n) is 7.69. The molecule has 1 aromatic carbocycles. The Kier molecular flexibility index (Phi) is 6.34. The van der Waals surface area contributed by atoms with E-state index in [1.807, 2.05) is 0 Å². The molecule has 0 aromatic heterocycles. The Balaban J connectivity index is 1.24. The Morgan fingerprint density at radius 1 is 0.844 bits per heavy atom. The molecule has 2 saturated heterocycles. The number of hydrogen-bond donors (Lipinski definition) is 0. The molecule has 0 spiro atoms. The highest BCUT2D eigenvalue weighted by molar-refractivity contribution is 7.89. The lowest BCUT2D eigenvalue weighted by molar-refractivity contribution is -0.143. The van der Waals surface area contributed by atoms with Gasteiger partial charge in [0, 0.05) is 44.1 Å². The monoisotopic (exact) mass is 462 g/mol. The fourth-order valence-corrected chi connectivity index (χ4v) is 7.41. The summed E-state index contributed by atoms with van der Waals surface area (Å²) in [7, 11) is -3.63. The number of sulfonamides is 1. The first-order chi connectivity index (χ1) is 15.5. The topological polar surface area (TPSA) is 76.2 Å². The fourth-order valence-electron chi connectivity index (χ4n) is 5.93. The minimum absolute atomic E-state index is 0.0640. The third kappa shape index (κ3) is 4.23. The van der Waals surface area contributed by atoms with E-state index in [2.05, 4.69) is 4.90 Å². The highest BCUT2D eigenvalue weighted by Gasteiger charge is 2.40. The SMILES string of the molecule is O=C(C1CCN(S(=O)(=O)c2ccc3c(c2)OCCCO3)CC1)N1CCC[C@H]2CCCC[C@H]21. The second-order valence-electron chi connectivity index (χ2n) is 9.62. The normalized spacial score (nSPS) is 27.4. The van der Waals surface area contributed by atoms with Crippen molar-refractivity contribution in [3.63, 3.8) is 0 Å². The summed E-state index contributed by atoms with van der Waals surface area (Å²) in [5, 5.41) is 0. The van der Waals surface area contributed by atoms with Crippen LogP contribution in [0.5, 0.6) is 11.5 Å². The van der Waals surface area contributed by atoms with E-state index < -0.39 is 10.0 Å². The van der Waals surface area contributed by atoms with Crippen molar-refractivity contribution < 1.29 is 22.7 Å². The Morgan fingerprint density at radius 2 is 1.56 bits per heavy atom. The van der Waals surface area contributed by atoms with Gasteiger partial charge in [0.05, 0.1) is 18.1 Å². The molecule has 1 amide bonds. The maximum atomic E-state index is 13.4. The number of hydrogen-bond acceptors (Lipinski definition) is 5. The standard InChI is InChI=1S/C24H34N2O5S/c27-24(26-12-3-6-18-5-1-2-7-21(18)26)19-10-13-25(14-11-19)32(28,29)20-8-9-22-23(17-20)31-16-4-15-30-22/h8-9,17-19,21H,1-7,10-16H2/t18-,21-/m1/s1. The van der Waals surface area contributed by atoms with Gasteiger partial charge in [-0.2, -0.15) is 4.31 Å². The van der Waals surface area contributed by atoms with Crippen LogP contribution in [0.25, 0.3) is 0 Å². The predicted molar refractivity (Wildman–Crippen MR) is 120 cm³/mol. The number of likely N-dealkylation sites (tertiary alicyclic amines) is 1. The summed E-state index contributed by atoms with van der Waals surface area (Å²) in [6.07, 6.45) is 9.21. The molecular weight excluding hydrogens is 428 g/mol. The van der Waals surface area contributed by atoms with Crippen molar-refractivity contribution in [3.05, 3.63) is 18.2 Å². The second kappa shape index (κ2) is 9.21. The van der Waals surface area contributed by atoms with Crippen molar-refractivity contribution in [1.29, 1.82) is 0 Å². The molecule has 1 aliphatic carbocycles. The predicted octanol–water partition coefficient (Wildman–Crippen LogP) is 3.43. The van der Waals surface area contributed by atoms with Gasteiger partial charge >= 0.3 is 0 Å². The number of amides is 1. The molecule has 4 aliphatic rings. The molecule has 32 heavy (non-hydrogen) atoms. The Morgan fingerprint density at radius 3 is 2.38 bits per heavy atom. The molecule has 0 N–H and O–H groups in total. The van der Waals surface area contributed by atoms with Gasteiger partial charge in [0.25, 0.3) is 0 Å². The average Bonchev–Trinajstić information content (AvgIpc) is 3.08. The van der Waals surface area contributed by atoms with Gasteiger partial charge in [-0.05, 0) is 56.6 Å². The number of ether oxygens (including phenoxy) is 2. The van der Waals surface area contributed by atoms with E-state index in [9.17, 15) is 13.2 Å². The van der Waals surface area contributed by atoms with Crippen LogP contribution in [0.2, 0.25) is 0 Å². The van der Waals surface area contributed by atoms with Gasteiger partial charge in [0.2, 0.25) is 15.9 Å². The van der Waals surface area contributed by atoms with Crippen LogP contribution in [0.4, 0.5) is 0 Å². The number of fused-ring (bicyclic) bond motifs is 2. The molecule has 5 rings (SSSR count). The van der Waals surface area contributed by atoms with E-state index in [-0.39, 0.29) is 16.7 Å². The van der Waals surface area contributed by atoms with Crippen molar-refractivity contribution in [2.24, 2.45) is 11.8 Å². The maximum absolute atomic E-state index is 13.4. The molecule has 2 atom stereocenters. The Labute approximate surface area is 191 Å². The van der Waals surface area contributed by atoms with Crippen LogP contribution in [0, 0.1) is 11.8 Å². The molecule has 0 unspecified atom stereocenters. The molecule has 3 heterocycles. The van der Waals surface area contributed by atoms with E-state index >= 15 is 0 Å². The molecule has 1 aromatic rings. The van der Waals surface area contributed by atoms with Crippen LogP contribution in [0.3, 0.4) is 0 Å². The van der Waals surface area contributed by atoms with Gasteiger partial charge in [-0.25, -0.2) is 8.42 Å². The average molecular weight is 463 g/mol. The number of rotatable bonds is 3. The molecule has 8 heteroatoms. The summed E-state index contributed by atoms with van der Waals surface area (Å²) < 4.78 is 39.3. The summed E-state index contributed by atoms with van der Waals surface area (Å²) >= 11 is 0. The number of benzene rings is 1. The lowest BCUT2D eigenvalue weighted by Crippen LogP contribution is -2.53. The van der Waals surface area contributed by atoms with Crippen LogP contribution in [0.15, 0.2) is 23.1 Å². The molecule has 176 valence electrons. The third-order valence-corrected chi connectivity index (χ3v) is 9.58. The van der Waals surface area contributed by atoms with E-state index in [0.29, 0.717) is 62.6 Å². The molecular formula is C24H34N2O5S. The summed E-state index contributed by atoms with van der Waals surface area (Å²) in [6.45, 7) is 2.72. The zero-order valence-corrected chi connectivity index (χ0v) is 19.5. The van der Waals surface area contributed by atoms with Crippen molar-refractivity contribution in [2.75, 3.05) is 32.8 Å². The highest BCUT2D eigenvalue weighted by atomic mass is 32.2. The summed E-state index contributed by atoms with van der Waals surface area (Å²) in [6, 6.07) is 5.26. The largest absolute Gasteiger partial charge is 0.490 e. The lowest BCUT2D eigenvalue weighted by Gasteiger charge is -2.46. The molecule has 3 aliphatic heterocycles. The second-order valence-corrected chi connectivity index (χ2v) is 11.6. The first-order valence-electron chi connectivity index (χ1n) is 12.2. The van der Waals surface area contributed by atoms with Crippen molar-refractivity contribution in [1.82, 2.24) is 9.21 Å². The molecule has 7 nitrogen and oxygen atoms in total. The Hall–Kier alpha value is -1.80. The highest BCUT2D eigenvalue weighted by Crippen LogP contribution is 2.38. The number of carbonyl (C=O) groups is 1. The number of carbonyl (C=O) groups excluding carboxylic acids is 1.